The first-order valence-corrected chi connectivity index (χ1v) is 9.34. The highest BCUT2D eigenvalue weighted by molar-refractivity contribution is 5.48. The van der Waals surface area contributed by atoms with Crippen LogP contribution in [0.4, 0.5) is 5.69 Å². The molecular formula is C22H27N3. The van der Waals surface area contributed by atoms with Gasteiger partial charge in [0.2, 0.25) is 0 Å². The van der Waals surface area contributed by atoms with Crippen molar-refractivity contribution in [3.8, 4) is 6.07 Å². The Morgan fingerprint density at radius 3 is 2.60 bits per heavy atom. The molecule has 130 valence electrons. The number of anilines is 1. The maximum absolute atomic E-state index is 8.93. The summed E-state index contributed by atoms with van der Waals surface area (Å²) in [5, 5.41) is 12.4. The fourth-order valence-electron chi connectivity index (χ4n) is 3.60. The molecule has 3 nitrogen and oxygen atoms in total. The lowest BCUT2D eigenvalue weighted by Crippen LogP contribution is -2.35. The number of nitriles is 1. The van der Waals surface area contributed by atoms with E-state index in [0.717, 1.165) is 31.1 Å². The summed E-state index contributed by atoms with van der Waals surface area (Å²) in [5.41, 5.74) is 3.23. The summed E-state index contributed by atoms with van der Waals surface area (Å²) in [6.45, 7) is 4.56. The molecule has 0 bridgehead atoms. The molecule has 1 N–H and O–H groups in total. The molecule has 1 heterocycles. The van der Waals surface area contributed by atoms with Crippen LogP contribution in [0.3, 0.4) is 0 Å². The number of likely N-dealkylation sites (tertiary alicyclic amines) is 1. The number of nitrogens with zero attached hydrogens (tertiary/aromatic N) is 2. The zero-order chi connectivity index (χ0) is 17.3. The molecule has 1 saturated heterocycles. The van der Waals surface area contributed by atoms with E-state index in [1.54, 1.807) is 0 Å². The quantitative estimate of drug-likeness (QED) is 0.767. The smallest absolute Gasteiger partial charge is 0.0992 e. The van der Waals surface area contributed by atoms with E-state index >= 15 is 0 Å². The van der Waals surface area contributed by atoms with E-state index in [0.29, 0.717) is 5.56 Å². The monoisotopic (exact) mass is 333 g/mol. The van der Waals surface area contributed by atoms with Crippen LogP contribution in [0.15, 0.2) is 54.6 Å². The molecule has 1 aliphatic rings. The highest BCUT2D eigenvalue weighted by atomic mass is 15.1. The van der Waals surface area contributed by atoms with Crippen LogP contribution >= 0.6 is 0 Å². The van der Waals surface area contributed by atoms with Crippen LogP contribution in [-0.2, 0) is 6.42 Å². The topological polar surface area (TPSA) is 39.1 Å². The molecule has 3 heteroatoms. The second kappa shape index (κ2) is 9.25. The van der Waals surface area contributed by atoms with Crippen LogP contribution in [0, 0.1) is 17.2 Å². The number of hydrogen-bond acceptors (Lipinski definition) is 3. The first kappa shape index (κ1) is 17.5. The third-order valence-electron chi connectivity index (χ3n) is 5.05. The average molecular weight is 333 g/mol. The van der Waals surface area contributed by atoms with Crippen molar-refractivity contribution in [2.24, 2.45) is 5.92 Å². The van der Waals surface area contributed by atoms with Crippen LogP contribution in [0.5, 0.6) is 0 Å². The van der Waals surface area contributed by atoms with Gasteiger partial charge >= 0.3 is 0 Å². The Morgan fingerprint density at radius 2 is 1.84 bits per heavy atom. The molecule has 2 aromatic carbocycles. The Balaban J connectivity index is 1.32. The van der Waals surface area contributed by atoms with E-state index in [9.17, 15) is 0 Å². The molecule has 2 aromatic rings. The van der Waals surface area contributed by atoms with Crippen molar-refractivity contribution in [2.75, 3.05) is 31.5 Å². The molecular weight excluding hydrogens is 306 g/mol. The van der Waals surface area contributed by atoms with Crippen LogP contribution in [-0.4, -0.2) is 31.1 Å². The fourth-order valence-corrected chi connectivity index (χ4v) is 3.60. The highest BCUT2D eigenvalue weighted by Gasteiger charge is 2.18. The van der Waals surface area contributed by atoms with Crippen molar-refractivity contribution >= 4 is 5.69 Å². The summed E-state index contributed by atoms with van der Waals surface area (Å²) < 4.78 is 0. The Bertz CT molecular complexity index is 682. The largest absolute Gasteiger partial charge is 0.385 e. The summed E-state index contributed by atoms with van der Waals surface area (Å²) in [7, 11) is 0. The van der Waals surface area contributed by atoms with Crippen molar-refractivity contribution < 1.29 is 0 Å². The maximum atomic E-state index is 8.93. The normalized spacial score (nSPS) is 15.6. The lowest BCUT2D eigenvalue weighted by molar-refractivity contribution is 0.183. The van der Waals surface area contributed by atoms with Crippen LogP contribution in [0.2, 0.25) is 0 Å². The molecule has 0 amide bonds. The Kier molecular flexibility index (Phi) is 6.48. The summed E-state index contributed by atoms with van der Waals surface area (Å²) >= 11 is 0. The highest BCUT2D eigenvalue weighted by Crippen LogP contribution is 2.21. The average Bonchev–Trinajstić information content (AvgIpc) is 2.67. The first-order chi connectivity index (χ1) is 12.3. The van der Waals surface area contributed by atoms with E-state index in [4.69, 9.17) is 5.26 Å². The predicted octanol–water partition coefficient (Wildman–Crippen LogP) is 4.31. The van der Waals surface area contributed by atoms with Gasteiger partial charge in [-0.05, 0) is 75.0 Å². The summed E-state index contributed by atoms with van der Waals surface area (Å²) in [6.07, 6.45) is 4.99. The summed E-state index contributed by atoms with van der Waals surface area (Å²) in [6, 6.07) is 20.8. The molecule has 0 spiro atoms. The standard InChI is InChI=1S/C22H27N3/c23-18-21-8-4-9-22(17-21)24-12-5-13-25-14-10-20(11-15-25)16-19-6-2-1-3-7-19/h1-4,6-9,17,20,24H,5,10-16H2. The molecule has 3 rings (SSSR count). The zero-order valence-corrected chi connectivity index (χ0v) is 14.8. The van der Waals surface area contributed by atoms with Crippen molar-refractivity contribution in [3.63, 3.8) is 0 Å². The number of hydrogen-bond donors (Lipinski definition) is 1. The van der Waals surface area contributed by atoms with Gasteiger partial charge in [0.1, 0.15) is 0 Å². The van der Waals surface area contributed by atoms with Gasteiger partial charge in [-0.1, -0.05) is 36.4 Å². The predicted molar refractivity (Wildman–Crippen MR) is 104 cm³/mol. The Hall–Kier alpha value is -2.31. The van der Waals surface area contributed by atoms with E-state index in [-0.39, 0.29) is 0 Å². The SMILES string of the molecule is N#Cc1cccc(NCCCN2CCC(Cc3ccccc3)CC2)c1. The van der Waals surface area contributed by atoms with Crippen LogP contribution < -0.4 is 5.32 Å². The van der Waals surface area contributed by atoms with Crippen molar-refractivity contribution in [1.82, 2.24) is 4.90 Å². The molecule has 0 atom stereocenters. The van der Waals surface area contributed by atoms with Crippen molar-refractivity contribution in [2.45, 2.75) is 25.7 Å². The lowest BCUT2D eigenvalue weighted by Gasteiger charge is -2.32. The first-order valence-electron chi connectivity index (χ1n) is 9.34. The van der Waals surface area contributed by atoms with Crippen molar-refractivity contribution in [1.29, 1.82) is 5.26 Å². The van der Waals surface area contributed by atoms with Crippen LogP contribution in [0.1, 0.15) is 30.4 Å². The van der Waals surface area contributed by atoms with Gasteiger partial charge < -0.3 is 10.2 Å². The van der Waals surface area contributed by atoms with Gasteiger partial charge in [-0.2, -0.15) is 5.26 Å². The Labute approximate surface area is 151 Å². The van der Waals surface area contributed by atoms with Gasteiger partial charge in [0.25, 0.3) is 0 Å². The third kappa shape index (κ3) is 5.62. The minimum atomic E-state index is 0.713. The molecule has 0 unspecified atom stereocenters. The Morgan fingerprint density at radius 1 is 1.04 bits per heavy atom. The minimum Gasteiger partial charge on any atom is -0.385 e. The van der Waals surface area contributed by atoms with Crippen LogP contribution in [0.25, 0.3) is 0 Å². The molecule has 1 aliphatic heterocycles. The second-order valence-electron chi connectivity index (χ2n) is 6.95. The minimum absolute atomic E-state index is 0.713. The van der Waals surface area contributed by atoms with Gasteiger partial charge in [0, 0.05) is 12.2 Å². The van der Waals surface area contributed by atoms with E-state index < -0.39 is 0 Å². The second-order valence-corrected chi connectivity index (χ2v) is 6.95. The van der Waals surface area contributed by atoms with E-state index in [1.807, 2.05) is 24.3 Å². The number of piperidine rings is 1. The van der Waals surface area contributed by atoms with Gasteiger partial charge in [-0.15, -0.1) is 0 Å². The molecule has 0 aliphatic carbocycles. The summed E-state index contributed by atoms with van der Waals surface area (Å²) in [5.74, 6) is 0.838. The molecule has 1 fully saturated rings. The number of benzene rings is 2. The lowest BCUT2D eigenvalue weighted by atomic mass is 9.90. The van der Waals surface area contributed by atoms with Gasteiger partial charge in [-0.25, -0.2) is 0 Å². The van der Waals surface area contributed by atoms with Gasteiger partial charge in [0.15, 0.2) is 0 Å². The summed E-state index contributed by atoms with van der Waals surface area (Å²) in [4.78, 5) is 2.59. The zero-order valence-electron chi connectivity index (χ0n) is 14.8. The van der Waals surface area contributed by atoms with Gasteiger partial charge in [-0.3, -0.25) is 0 Å². The molecule has 0 saturated carbocycles. The molecule has 25 heavy (non-hydrogen) atoms. The van der Waals surface area contributed by atoms with E-state index in [2.05, 4.69) is 46.6 Å². The fraction of sp³-hybridized carbons (Fsp3) is 0.409. The van der Waals surface area contributed by atoms with Gasteiger partial charge in [0.05, 0.1) is 11.6 Å². The number of nitrogens with one attached hydrogen (secondary N) is 1. The van der Waals surface area contributed by atoms with E-state index in [1.165, 1.54) is 37.9 Å². The third-order valence-corrected chi connectivity index (χ3v) is 5.05. The molecule has 0 aromatic heterocycles. The van der Waals surface area contributed by atoms with Crippen molar-refractivity contribution in [3.05, 3.63) is 65.7 Å². The number of rotatable bonds is 7. The maximum Gasteiger partial charge on any atom is 0.0992 e. The molecule has 0 radical (unpaired) electrons.